The number of methoxy groups -OCH3 is 1. The maximum atomic E-state index is 5.37. The minimum Gasteiger partial charge on any atom is -0.372 e. The van der Waals surface area contributed by atoms with Crippen LogP contribution in [0.2, 0.25) is 0 Å². The summed E-state index contributed by atoms with van der Waals surface area (Å²) in [5.41, 5.74) is -0.339. The van der Waals surface area contributed by atoms with Crippen LogP contribution in [0.3, 0.4) is 0 Å². The van der Waals surface area contributed by atoms with Crippen molar-refractivity contribution in [1.82, 2.24) is 15.5 Å². The fourth-order valence-electron chi connectivity index (χ4n) is 1.12. The number of nitrogens with one attached hydrogen (secondary N) is 1. The first-order chi connectivity index (χ1) is 7.45. The standard InChI is InChI=1S/C11H21N3OS/c1-8(2)6-12-7-9-13-14-10(16-9)11(3,4)15-5/h8,12H,6-7H2,1-5H3. The molecule has 0 amide bonds. The van der Waals surface area contributed by atoms with Gasteiger partial charge in [-0.3, -0.25) is 0 Å². The lowest BCUT2D eigenvalue weighted by Gasteiger charge is -2.18. The van der Waals surface area contributed by atoms with Crippen molar-refractivity contribution in [1.29, 1.82) is 0 Å². The Morgan fingerprint density at radius 1 is 1.38 bits per heavy atom. The summed E-state index contributed by atoms with van der Waals surface area (Å²) in [6.07, 6.45) is 0. The number of rotatable bonds is 6. The summed E-state index contributed by atoms with van der Waals surface area (Å²) < 4.78 is 5.37. The summed E-state index contributed by atoms with van der Waals surface area (Å²) in [5.74, 6) is 0.655. The molecule has 0 aliphatic carbocycles. The summed E-state index contributed by atoms with van der Waals surface area (Å²) in [7, 11) is 1.69. The Hall–Kier alpha value is -0.520. The maximum absolute atomic E-state index is 5.37. The summed E-state index contributed by atoms with van der Waals surface area (Å²) in [5, 5.41) is 13.6. The second-order valence-corrected chi connectivity index (χ2v) is 5.80. The van der Waals surface area contributed by atoms with E-state index in [2.05, 4.69) is 29.4 Å². The van der Waals surface area contributed by atoms with Crippen LogP contribution >= 0.6 is 11.3 Å². The normalized spacial score (nSPS) is 12.4. The molecule has 1 rings (SSSR count). The van der Waals surface area contributed by atoms with Gasteiger partial charge in [-0.2, -0.15) is 0 Å². The quantitative estimate of drug-likeness (QED) is 0.832. The van der Waals surface area contributed by atoms with Crippen LogP contribution in [0.25, 0.3) is 0 Å². The van der Waals surface area contributed by atoms with Gasteiger partial charge in [-0.25, -0.2) is 0 Å². The topological polar surface area (TPSA) is 47.0 Å². The molecule has 0 aliphatic rings. The van der Waals surface area contributed by atoms with E-state index in [1.807, 2.05) is 13.8 Å². The van der Waals surface area contributed by atoms with Gasteiger partial charge in [0.2, 0.25) is 0 Å². The summed E-state index contributed by atoms with van der Waals surface area (Å²) in [6.45, 7) is 10.2. The molecular weight excluding hydrogens is 222 g/mol. The highest BCUT2D eigenvalue weighted by molar-refractivity contribution is 7.11. The van der Waals surface area contributed by atoms with Crippen molar-refractivity contribution in [3.05, 3.63) is 10.0 Å². The van der Waals surface area contributed by atoms with Crippen LogP contribution in [0.5, 0.6) is 0 Å². The van der Waals surface area contributed by atoms with E-state index in [0.29, 0.717) is 5.92 Å². The largest absolute Gasteiger partial charge is 0.372 e. The van der Waals surface area contributed by atoms with E-state index in [1.165, 1.54) is 0 Å². The summed E-state index contributed by atoms with van der Waals surface area (Å²) >= 11 is 1.61. The highest BCUT2D eigenvalue weighted by Gasteiger charge is 2.24. The fourth-order valence-corrected chi connectivity index (χ4v) is 2.01. The first kappa shape index (κ1) is 13.5. The van der Waals surface area contributed by atoms with Gasteiger partial charge in [0.05, 0.1) is 0 Å². The Balaban J connectivity index is 2.52. The molecule has 0 aliphatic heterocycles. The summed E-state index contributed by atoms with van der Waals surface area (Å²) in [6, 6.07) is 0. The minimum absolute atomic E-state index is 0.339. The van der Waals surface area contributed by atoms with Gasteiger partial charge in [0.25, 0.3) is 0 Å². The first-order valence-electron chi connectivity index (χ1n) is 5.54. The first-order valence-corrected chi connectivity index (χ1v) is 6.36. The lowest BCUT2D eigenvalue weighted by Crippen LogP contribution is -2.19. The highest BCUT2D eigenvalue weighted by atomic mass is 32.1. The van der Waals surface area contributed by atoms with Crippen molar-refractivity contribution >= 4 is 11.3 Å². The summed E-state index contributed by atoms with van der Waals surface area (Å²) in [4.78, 5) is 0. The van der Waals surface area contributed by atoms with E-state index in [0.717, 1.165) is 23.1 Å². The lowest BCUT2D eigenvalue weighted by molar-refractivity contribution is 0.0185. The average molecular weight is 243 g/mol. The molecule has 1 aromatic heterocycles. The Morgan fingerprint density at radius 2 is 2.06 bits per heavy atom. The molecule has 0 fully saturated rings. The van der Waals surface area contributed by atoms with Gasteiger partial charge < -0.3 is 10.1 Å². The van der Waals surface area contributed by atoms with E-state index in [-0.39, 0.29) is 5.60 Å². The Kier molecular flexibility index (Phi) is 4.83. The van der Waals surface area contributed by atoms with Crippen molar-refractivity contribution in [2.45, 2.75) is 39.8 Å². The van der Waals surface area contributed by atoms with Crippen molar-refractivity contribution in [3.8, 4) is 0 Å². The zero-order chi connectivity index (χ0) is 12.2. The Bertz CT molecular complexity index is 323. The number of nitrogens with zero attached hydrogens (tertiary/aromatic N) is 2. The molecule has 0 radical (unpaired) electrons. The van der Waals surface area contributed by atoms with E-state index in [4.69, 9.17) is 4.74 Å². The molecule has 1 N–H and O–H groups in total. The van der Waals surface area contributed by atoms with E-state index in [9.17, 15) is 0 Å². The minimum atomic E-state index is -0.339. The highest BCUT2D eigenvalue weighted by Crippen LogP contribution is 2.26. The van der Waals surface area contributed by atoms with Crippen LogP contribution in [-0.4, -0.2) is 23.9 Å². The maximum Gasteiger partial charge on any atom is 0.148 e. The third-order valence-electron chi connectivity index (χ3n) is 2.32. The Labute approximate surface area is 101 Å². The average Bonchev–Trinajstić information content (AvgIpc) is 2.66. The van der Waals surface area contributed by atoms with Gasteiger partial charge in [-0.15, -0.1) is 10.2 Å². The molecule has 1 aromatic rings. The molecule has 0 saturated carbocycles. The van der Waals surface area contributed by atoms with Crippen LogP contribution in [0.4, 0.5) is 0 Å². The second kappa shape index (κ2) is 5.70. The molecule has 0 unspecified atom stereocenters. The molecule has 0 spiro atoms. The lowest BCUT2D eigenvalue weighted by atomic mass is 10.1. The van der Waals surface area contributed by atoms with Gasteiger partial charge in [0, 0.05) is 13.7 Å². The predicted octanol–water partition coefficient (Wildman–Crippen LogP) is 2.17. The molecule has 92 valence electrons. The van der Waals surface area contributed by atoms with Crippen molar-refractivity contribution < 1.29 is 4.74 Å². The van der Waals surface area contributed by atoms with Crippen molar-refractivity contribution in [3.63, 3.8) is 0 Å². The van der Waals surface area contributed by atoms with E-state index < -0.39 is 0 Å². The smallest absolute Gasteiger partial charge is 0.148 e. The molecule has 0 saturated heterocycles. The molecule has 16 heavy (non-hydrogen) atoms. The van der Waals surface area contributed by atoms with Crippen LogP contribution in [0, 0.1) is 5.92 Å². The van der Waals surface area contributed by atoms with Gasteiger partial charge >= 0.3 is 0 Å². The zero-order valence-electron chi connectivity index (χ0n) is 10.7. The Morgan fingerprint density at radius 3 is 2.62 bits per heavy atom. The van der Waals surface area contributed by atoms with Crippen LogP contribution in [0.15, 0.2) is 0 Å². The zero-order valence-corrected chi connectivity index (χ0v) is 11.5. The number of hydrogen-bond donors (Lipinski definition) is 1. The SMILES string of the molecule is COC(C)(C)c1nnc(CNCC(C)C)s1. The number of ether oxygens (including phenoxy) is 1. The fraction of sp³-hybridized carbons (Fsp3) is 0.818. The molecule has 1 heterocycles. The van der Waals surface area contributed by atoms with Crippen molar-refractivity contribution in [2.24, 2.45) is 5.92 Å². The van der Waals surface area contributed by atoms with Gasteiger partial charge in [-0.05, 0) is 26.3 Å². The van der Waals surface area contributed by atoms with Crippen LogP contribution < -0.4 is 5.32 Å². The molecule has 0 atom stereocenters. The molecule has 0 bridgehead atoms. The van der Waals surface area contributed by atoms with Crippen LogP contribution in [-0.2, 0) is 16.9 Å². The van der Waals surface area contributed by atoms with Gasteiger partial charge in [0.15, 0.2) is 0 Å². The van der Waals surface area contributed by atoms with Gasteiger partial charge in [-0.1, -0.05) is 25.2 Å². The second-order valence-electron chi connectivity index (χ2n) is 4.74. The number of hydrogen-bond acceptors (Lipinski definition) is 5. The van der Waals surface area contributed by atoms with Crippen LogP contribution in [0.1, 0.15) is 37.7 Å². The predicted molar refractivity (Wildman–Crippen MR) is 66.5 cm³/mol. The van der Waals surface area contributed by atoms with E-state index >= 15 is 0 Å². The number of aromatic nitrogens is 2. The monoisotopic (exact) mass is 243 g/mol. The third kappa shape index (κ3) is 3.81. The van der Waals surface area contributed by atoms with E-state index in [1.54, 1.807) is 18.4 Å². The molecule has 0 aromatic carbocycles. The molecule has 4 nitrogen and oxygen atoms in total. The molecule has 5 heteroatoms. The van der Waals surface area contributed by atoms with Gasteiger partial charge in [0.1, 0.15) is 15.6 Å². The molecular formula is C11H21N3OS. The third-order valence-corrected chi connectivity index (χ3v) is 3.55. The van der Waals surface area contributed by atoms with Crippen molar-refractivity contribution in [2.75, 3.05) is 13.7 Å².